The van der Waals surface area contributed by atoms with Gasteiger partial charge < -0.3 is 9.52 Å². The first-order chi connectivity index (χ1) is 11.5. The van der Waals surface area contributed by atoms with Crippen LogP contribution in [0, 0.1) is 13.8 Å². The van der Waals surface area contributed by atoms with Gasteiger partial charge in [0.25, 0.3) is 5.22 Å². The predicted molar refractivity (Wildman–Crippen MR) is 92.4 cm³/mol. The third kappa shape index (κ3) is 3.65. The quantitative estimate of drug-likeness (QED) is 0.558. The van der Waals surface area contributed by atoms with Crippen molar-refractivity contribution in [3.8, 4) is 17.2 Å². The SMILES string of the molecule is Cc1ccc(-c2nnc(SCC(=O)c3ccc(O)cc3)o2)cc1C. The van der Waals surface area contributed by atoms with E-state index in [9.17, 15) is 9.90 Å². The lowest BCUT2D eigenvalue weighted by atomic mass is 10.1. The van der Waals surface area contributed by atoms with Crippen molar-refractivity contribution in [1.82, 2.24) is 10.2 Å². The first-order valence-corrected chi connectivity index (χ1v) is 8.37. The molecule has 0 aliphatic carbocycles. The largest absolute Gasteiger partial charge is 0.508 e. The summed E-state index contributed by atoms with van der Waals surface area (Å²) in [4.78, 5) is 12.1. The second kappa shape index (κ2) is 6.88. The molecule has 0 fully saturated rings. The van der Waals surface area contributed by atoms with E-state index in [2.05, 4.69) is 10.2 Å². The minimum Gasteiger partial charge on any atom is -0.508 e. The summed E-state index contributed by atoms with van der Waals surface area (Å²) < 4.78 is 5.62. The van der Waals surface area contributed by atoms with Crippen molar-refractivity contribution in [2.45, 2.75) is 19.1 Å². The zero-order chi connectivity index (χ0) is 17.1. The van der Waals surface area contributed by atoms with Gasteiger partial charge in [0.1, 0.15) is 5.75 Å². The predicted octanol–water partition coefficient (Wildman–Crippen LogP) is 4.03. The Morgan fingerprint density at radius 2 is 1.83 bits per heavy atom. The zero-order valence-corrected chi connectivity index (χ0v) is 14.1. The molecule has 0 aliphatic heterocycles. The molecule has 0 spiro atoms. The Hall–Kier alpha value is -2.60. The summed E-state index contributed by atoms with van der Waals surface area (Å²) in [5.41, 5.74) is 3.76. The topological polar surface area (TPSA) is 76.2 Å². The Kier molecular flexibility index (Phi) is 4.66. The van der Waals surface area contributed by atoms with Crippen LogP contribution in [0.3, 0.4) is 0 Å². The van der Waals surface area contributed by atoms with Crippen LogP contribution in [0.5, 0.6) is 5.75 Å². The number of hydrogen-bond donors (Lipinski definition) is 1. The molecular weight excluding hydrogens is 324 g/mol. The van der Waals surface area contributed by atoms with Crippen LogP contribution in [0.4, 0.5) is 0 Å². The van der Waals surface area contributed by atoms with E-state index >= 15 is 0 Å². The maximum absolute atomic E-state index is 12.1. The zero-order valence-electron chi connectivity index (χ0n) is 13.3. The Morgan fingerprint density at radius 3 is 2.54 bits per heavy atom. The molecule has 0 bridgehead atoms. The number of carbonyl (C=O) groups is 1. The highest BCUT2D eigenvalue weighted by atomic mass is 32.2. The third-order valence-electron chi connectivity index (χ3n) is 3.68. The van der Waals surface area contributed by atoms with Gasteiger partial charge in [0.2, 0.25) is 5.89 Å². The molecule has 24 heavy (non-hydrogen) atoms. The van der Waals surface area contributed by atoms with Gasteiger partial charge in [-0.2, -0.15) is 0 Å². The lowest BCUT2D eigenvalue weighted by Gasteiger charge is -2.01. The molecule has 122 valence electrons. The van der Waals surface area contributed by atoms with Gasteiger partial charge in [-0.1, -0.05) is 17.8 Å². The molecule has 3 rings (SSSR count). The Labute approximate surface area is 143 Å². The van der Waals surface area contributed by atoms with E-state index in [0.717, 1.165) is 11.1 Å². The number of aromatic hydroxyl groups is 1. The summed E-state index contributed by atoms with van der Waals surface area (Å²) >= 11 is 1.20. The van der Waals surface area contributed by atoms with E-state index < -0.39 is 0 Å². The second-order valence-electron chi connectivity index (χ2n) is 5.43. The molecule has 0 radical (unpaired) electrons. The molecule has 1 N–H and O–H groups in total. The molecule has 1 aromatic heterocycles. The summed E-state index contributed by atoms with van der Waals surface area (Å²) in [5, 5.41) is 17.6. The highest BCUT2D eigenvalue weighted by Crippen LogP contribution is 2.25. The van der Waals surface area contributed by atoms with E-state index in [1.54, 1.807) is 12.1 Å². The van der Waals surface area contributed by atoms with E-state index in [-0.39, 0.29) is 17.3 Å². The Morgan fingerprint density at radius 1 is 1.08 bits per heavy atom. The fourth-order valence-electron chi connectivity index (χ4n) is 2.12. The number of carbonyl (C=O) groups excluding carboxylic acids is 1. The first-order valence-electron chi connectivity index (χ1n) is 7.39. The molecule has 0 amide bonds. The Balaban J connectivity index is 1.66. The molecule has 3 aromatic rings. The molecule has 0 atom stereocenters. The van der Waals surface area contributed by atoms with Crippen LogP contribution in [-0.2, 0) is 0 Å². The molecule has 5 nitrogen and oxygen atoms in total. The normalized spacial score (nSPS) is 10.8. The highest BCUT2D eigenvalue weighted by Gasteiger charge is 2.13. The van der Waals surface area contributed by atoms with Crippen LogP contribution in [0.1, 0.15) is 21.5 Å². The van der Waals surface area contributed by atoms with E-state index in [4.69, 9.17) is 4.42 Å². The van der Waals surface area contributed by atoms with Crippen LogP contribution >= 0.6 is 11.8 Å². The minimum atomic E-state index is -0.0640. The number of hydrogen-bond acceptors (Lipinski definition) is 6. The molecule has 0 saturated heterocycles. The summed E-state index contributed by atoms with van der Waals surface area (Å²) in [6.07, 6.45) is 0. The fraction of sp³-hybridized carbons (Fsp3) is 0.167. The maximum Gasteiger partial charge on any atom is 0.277 e. The average Bonchev–Trinajstić information content (AvgIpc) is 3.05. The van der Waals surface area contributed by atoms with Crippen molar-refractivity contribution in [3.63, 3.8) is 0 Å². The molecule has 0 saturated carbocycles. The fourth-order valence-corrected chi connectivity index (χ4v) is 2.77. The van der Waals surface area contributed by atoms with Gasteiger partial charge in [0.05, 0.1) is 5.75 Å². The number of phenols is 1. The van der Waals surface area contributed by atoms with E-state index in [0.29, 0.717) is 16.7 Å². The van der Waals surface area contributed by atoms with Crippen molar-refractivity contribution in [1.29, 1.82) is 0 Å². The van der Waals surface area contributed by atoms with Crippen LogP contribution < -0.4 is 0 Å². The van der Waals surface area contributed by atoms with Gasteiger partial charge in [-0.05, 0) is 61.4 Å². The smallest absolute Gasteiger partial charge is 0.277 e. The number of benzene rings is 2. The molecule has 0 unspecified atom stereocenters. The standard InChI is InChI=1S/C18H16N2O3S/c1-11-3-4-14(9-12(11)2)17-19-20-18(23-17)24-10-16(22)13-5-7-15(21)8-6-13/h3-9,21H,10H2,1-2H3. The van der Waals surface area contributed by atoms with Crippen molar-refractivity contribution in [2.75, 3.05) is 5.75 Å². The summed E-state index contributed by atoms with van der Waals surface area (Å²) in [5.74, 6) is 0.706. The van der Waals surface area contributed by atoms with Crippen LogP contribution in [0.2, 0.25) is 0 Å². The van der Waals surface area contributed by atoms with Gasteiger partial charge >= 0.3 is 0 Å². The minimum absolute atomic E-state index is 0.0640. The van der Waals surface area contributed by atoms with Crippen molar-refractivity contribution in [2.24, 2.45) is 0 Å². The third-order valence-corrected chi connectivity index (χ3v) is 4.49. The average molecular weight is 340 g/mol. The number of aromatic nitrogens is 2. The molecule has 6 heteroatoms. The van der Waals surface area contributed by atoms with Gasteiger partial charge in [0.15, 0.2) is 5.78 Å². The van der Waals surface area contributed by atoms with Crippen molar-refractivity contribution >= 4 is 17.5 Å². The van der Waals surface area contributed by atoms with Gasteiger partial charge in [-0.3, -0.25) is 4.79 Å². The first kappa shape index (κ1) is 16.3. The maximum atomic E-state index is 12.1. The summed E-state index contributed by atoms with van der Waals surface area (Å²) in [6, 6.07) is 12.1. The van der Waals surface area contributed by atoms with E-state index in [1.807, 2.05) is 32.0 Å². The lowest BCUT2D eigenvalue weighted by molar-refractivity contribution is 0.102. The van der Waals surface area contributed by atoms with Gasteiger partial charge in [-0.25, -0.2) is 0 Å². The van der Waals surface area contributed by atoms with E-state index in [1.165, 1.54) is 29.5 Å². The van der Waals surface area contributed by atoms with Crippen LogP contribution in [0.25, 0.3) is 11.5 Å². The number of nitrogens with zero attached hydrogens (tertiary/aromatic N) is 2. The summed E-state index contributed by atoms with van der Waals surface area (Å²) in [7, 11) is 0. The lowest BCUT2D eigenvalue weighted by Crippen LogP contribution is -2.01. The van der Waals surface area contributed by atoms with Gasteiger partial charge in [-0.15, -0.1) is 10.2 Å². The number of phenolic OH excluding ortho intramolecular Hbond substituents is 1. The molecule has 0 aliphatic rings. The van der Waals surface area contributed by atoms with Gasteiger partial charge in [0, 0.05) is 11.1 Å². The molecular formula is C18H16N2O3S. The monoisotopic (exact) mass is 340 g/mol. The highest BCUT2D eigenvalue weighted by molar-refractivity contribution is 7.99. The molecule has 1 heterocycles. The number of aryl methyl sites for hydroxylation is 2. The summed E-state index contributed by atoms with van der Waals surface area (Å²) in [6.45, 7) is 4.07. The van der Waals surface area contributed by atoms with Crippen molar-refractivity contribution in [3.05, 3.63) is 59.2 Å². The number of Topliss-reactive ketones (excluding diaryl/α,β-unsaturated/α-hetero) is 1. The number of thioether (sulfide) groups is 1. The number of rotatable bonds is 5. The second-order valence-corrected chi connectivity index (χ2v) is 6.36. The van der Waals surface area contributed by atoms with Crippen molar-refractivity contribution < 1.29 is 14.3 Å². The van der Waals surface area contributed by atoms with Crippen LogP contribution in [0.15, 0.2) is 52.1 Å². The Bertz CT molecular complexity index is 872. The van der Waals surface area contributed by atoms with Crippen LogP contribution in [-0.4, -0.2) is 26.8 Å². The number of ketones is 1. The molecule has 2 aromatic carbocycles.